The molecule has 6 nitrogen and oxygen atoms in total. The molecule has 0 aliphatic carbocycles. The van der Waals surface area contributed by atoms with E-state index in [9.17, 15) is 13.2 Å². The lowest BCUT2D eigenvalue weighted by atomic mass is 10.1. The molecule has 2 aromatic carbocycles. The molecule has 0 bridgehead atoms. The molecule has 7 heteroatoms. The molecule has 1 heterocycles. The summed E-state index contributed by atoms with van der Waals surface area (Å²) >= 11 is 0. The number of nitrogens with zero attached hydrogens (tertiary/aromatic N) is 1. The summed E-state index contributed by atoms with van der Waals surface area (Å²) in [6, 6.07) is 13.6. The Balaban J connectivity index is 1.70. The van der Waals surface area contributed by atoms with Crippen LogP contribution >= 0.6 is 0 Å². The number of morpholine rings is 1. The lowest BCUT2D eigenvalue weighted by molar-refractivity contribution is 0.0730. The maximum atomic E-state index is 12.6. The number of carbonyl (C=O) groups is 1. The zero-order valence-electron chi connectivity index (χ0n) is 14.6. The van der Waals surface area contributed by atoms with Gasteiger partial charge >= 0.3 is 0 Å². The molecule has 0 atom stereocenters. The van der Waals surface area contributed by atoms with Crippen molar-refractivity contribution in [3.05, 3.63) is 59.7 Å². The van der Waals surface area contributed by atoms with E-state index in [1.54, 1.807) is 0 Å². The Kier molecular flexibility index (Phi) is 5.70. The largest absolute Gasteiger partial charge is 0.379 e. The highest BCUT2D eigenvalue weighted by molar-refractivity contribution is 7.89. The summed E-state index contributed by atoms with van der Waals surface area (Å²) in [4.78, 5) is 12.5. The van der Waals surface area contributed by atoms with Gasteiger partial charge in [0.2, 0.25) is 10.0 Å². The molecule has 2 aromatic rings. The predicted octanol–water partition coefficient (Wildman–Crippen LogP) is 2.52. The van der Waals surface area contributed by atoms with E-state index in [2.05, 4.69) is 12.2 Å². The van der Waals surface area contributed by atoms with Crippen LogP contribution in [0.5, 0.6) is 0 Å². The van der Waals surface area contributed by atoms with E-state index in [-0.39, 0.29) is 10.8 Å². The molecule has 26 heavy (non-hydrogen) atoms. The fraction of sp³-hybridized carbons (Fsp3) is 0.316. The van der Waals surface area contributed by atoms with Crippen molar-refractivity contribution in [2.45, 2.75) is 18.2 Å². The molecule has 0 spiro atoms. The second-order valence-electron chi connectivity index (χ2n) is 6.05. The van der Waals surface area contributed by atoms with Crippen LogP contribution < -0.4 is 5.32 Å². The number of ether oxygens (including phenoxy) is 1. The fourth-order valence-electron chi connectivity index (χ4n) is 2.74. The van der Waals surface area contributed by atoms with Crippen LogP contribution in [0.2, 0.25) is 0 Å². The third-order valence-electron chi connectivity index (χ3n) is 4.34. The molecule has 0 saturated carbocycles. The normalized spacial score (nSPS) is 15.6. The molecule has 1 N–H and O–H groups in total. The maximum Gasteiger partial charge on any atom is 0.255 e. The second-order valence-corrected chi connectivity index (χ2v) is 7.98. The Hall–Kier alpha value is -2.22. The van der Waals surface area contributed by atoms with Crippen molar-refractivity contribution in [3.8, 4) is 0 Å². The minimum Gasteiger partial charge on any atom is -0.379 e. The first-order chi connectivity index (χ1) is 12.5. The summed E-state index contributed by atoms with van der Waals surface area (Å²) in [5, 5.41) is 2.82. The van der Waals surface area contributed by atoms with Gasteiger partial charge in [-0.25, -0.2) is 8.42 Å². The first-order valence-electron chi connectivity index (χ1n) is 8.59. The Bertz CT molecular complexity index is 855. The van der Waals surface area contributed by atoms with E-state index in [0.29, 0.717) is 37.6 Å². The van der Waals surface area contributed by atoms with Crippen molar-refractivity contribution in [1.29, 1.82) is 0 Å². The van der Waals surface area contributed by atoms with Crippen LogP contribution in [-0.4, -0.2) is 44.9 Å². The first kappa shape index (κ1) is 18.6. The van der Waals surface area contributed by atoms with Crippen LogP contribution in [0.4, 0.5) is 5.69 Å². The Morgan fingerprint density at radius 1 is 1.04 bits per heavy atom. The van der Waals surface area contributed by atoms with Crippen LogP contribution in [0.25, 0.3) is 0 Å². The molecule has 1 aliphatic rings. The highest BCUT2D eigenvalue weighted by Gasteiger charge is 2.26. The second kappa shape index (κ2) is 7.99. The van der Waals surface area contributed by atoms with Gasteiger partial charge in [-0.15, -0.1) is 0 Å². The SMILES string of the molecule is CCc1ccc(NC(=O)c2ccc(S(=O)(=O)N3CCOCC3)cc2)cc1. The van der Waals surface area contributed by atoms with Crippen LogP contribution in [0.3, 0.4) is 0 Å². The van der Waals surface area contributed by atoms with Crippen molar-refractivity contribution in [1.82, 2.24) is 4.31 Å². The predicted molar refractivity (Wildman–Crippen MR) is 99.8 cm³/mol. The minimum atomic E-state index is -3.55. The van der Waals surface area contributed by atoms with Crippen LogP contribution in [0, 0.1) is 0 Å². The number of anilines is 1. The summed E-state index contributed by atoms with van der Waals surface area (Å²) in [5.74, 6) is -0.274. The van der Waals surface area contributed by atoms with Gasteiger partial charge in [0.15, 0.2) is 0 Å². The molecule has 3 rings (SSSR count). The number of hydrogen-bond donors (Lipinski definition) is 1. The van der Waals surface area contributed by atoms with Gasteiger partial charge in [-0.1, -0.05) is 19.1 Å². The lowest BCUT2D eigenvalue weighted by Crippen LogP contribution is -2.40. The van der Waals surface area contributed by atoms with Gasteiger partial charge < -0.3 is 10.1 Å². The van der Waals surface area contributed by atoms with Crippen molar-refractivity contribution in [2.24, 2.45) is 0 Å². The molecule has 0 radical (unpaired) electrons. The van der Waals surface area contributed by atoms with Gasteiger partial charge in [-0.05, 0) is 48.4 Å². The average molecular weight is 374 g/mol. The smallest absolute Gasteiger partial charge is 0.255 e. The quantitative estimate of drug-likeness (QED) is 0.873. The number of carbonyl (C=O) groups excluding carboxylic acids is 1. The molecular weight excluding hydrogens is 352 g/mol. The summed E-state index contributed by atoms with van der Waals surface area (Å²) in [6.07, 6.45) is 0.938. The lowest BCUT2D eigenvalue weighted by Gasteiger charge is -2.26. The van der Waals surface area contributed by atoms with E-state index >= 15 is 0 Å². The minimum absolute atomic E-state index is 0.184. The zero-order chi connectivity index (χ0) is 18.6. The van der Waals surface area contributed by atoms with Gasteiger partial charge in [0.25, 0.3) is 5.91 Å². The molecule has 1 saturated heterocycles. The topological polar surface area (TPSA) is 75.7 Å². The number of nitrogens with one attached hydrogen (secondary N) is 1. The summed E-state index contributed by atoms with van der Waals surface area (Å²) in [5.41, 5.74) is 2.31. The van der Waals surface area contributed by atoms with Crippen LogP contribution in [0.15, 0.2) is 53.4 Å². The number of aryl methyl sites for hydroxylation is 1. The third kappa shape index (κ3) is 4.12. The molecule has 0 aromatic heterocycles. The van der Waals surface area contributed by atoms with Gasteiger partial charge in [0.1, 0.15) is 0 Å². The molecule has 1 aliphatic heterocycles. The Morgan fingerprint density at radius 3 is 2.23 bits per heavy atom. The van der Waals surface area contributed by atoms with Gasteiger partial charge in [-0.3, -0.25) is 4.79 Å². The highest BCUT2D eigenvalue weighted by atomic mass is 32.2. The first-order valence-corrected chi connectivity index (χ1v) is 10.0. The standard InChI is InChI=1S/C19H22N2O4S/c1-2-15-3-7-17(8-4-15)20-19(22)16-5-9-18(10-6-16)26(23,24)21-11-13-25-14-12-21/h3-10H,2,11-14H2,1H3,(H,20,22). The molecular formula is C19H22N2O4S. The van der Waals surface area contributed by atoms with Gasteiger partial charge in [0, 0.05) is 24.3 Å². The highest BCUT2D eigenvalue weighted by Crippen LogP contribution is 2.18. The fourth-order valence-corrected chi connectivity index (χ4v) is 4.15. The molecule has 0 unspecified atom stereocenters. The van der Waals surface area contributed by atoms with E-state index in [1.807, 2.05) is 24.3 Å². The number of sulfonamides is 1. The summed E-state index contributed by atoms with van der Waals surface area (Å²) in [7, 11) is -3.55. The van der Waals surface area contributed by atoms with Crippen molar-refractivity contribution in [2.75, 3.05) is 31.6 Å². The van der Waals surface area contributed by atoms with Crippen molar-refractivity contribution in [3.63, 3.8) is 0 Å². The zero-order valence-corrected chi connectivity index (χ0v) is 15.5. The maximum absolute atomic E-state index is 12.6. The average Bonchev–Trinajstić information content (AvgIpc) is 2.69. The van der Waals surface area contributed by atoms with Gasteiger partial charge in [-0.2, -0.15) is 4.31 Å². The summed E-state index contributed by atoms with van der Waals surface area (Å²) < 4.78 is 31.8. The number of hydrogen-bond acceptors (Lipinski definition) is 4. The van der Waals surface area contributed by atoms with Crippen molar-refractivity contribution >= 4 is 21.6 Å². The van der Waals surface area contributed by atoms with Crippen LogP contribution in [-0.2, 0) is 21.2 Å². The third-order valence-corrected chi connectivity index (χ3v) is 6.26. The molecule has 138 valence electrons. The monoisotopic (exact) mass is 374 g/mol. The van der Waals surface area contributed by atoms with E-state index < -0.39 is 10.0 Å². The molecule has 1 amide bonds. The number of benzene rings is 2. The Morgan fingerprint density at radius 2 is 1.65 bits per heavy atom. The number of amides is 1. The van der Waals surface area contributed by atoms with Crippen molar-refractivity contribution < 1.29 is 17.9 Å². The Labute approximate surface area is 153 Å². The molecule has 1 fully saturated rings. The van der Waals surface area contributed by atoms with E-state index in [1.165, 1.54) is 34.1 Å². The number of rotatable bonds is 5. The van der Waals surface area contributed by atoms with E-state index in [0.717, 1.165) is 6.42 Å². The van der Waals surface area contributed by atoms with Gasteiger partial charge in [0.05, 0.1) is 18.1 Å². The summed E-state index contributed by atoms with van der Waals surface area (Å²) in [6.45, 7) is 3.56. The van der Waals surface area contributed by atoms with Crippen LogP contribution in [0.1, 0.15) is 22.8 Å². The van der Waals surface area contributed by atoms with E-state index in [4.69, 9.17) is 4.74 Å².